The van der Waals surface area contributed by atoms with Gasteiger partial charge in [-0.2, -0.15) is 0 Å². The van der Waals surface area contributed by atoms with Gasteiger partial charge in [0.05, 0.1) is 11.0 Å². The lowest BCUT2D eigenvalue weighted by atomic mass is 10.2. The number of amides is 1. The highest BCUT2D eigenvalue weighted by molar-refractivity contribution is 5.77. The minimum atomic E-state index is -0.473. The van der Waals surface area contributed by atoms with Gasteiger partial charge in [0, 0.05) is 26.2 Å². The number of anilines is 1. The van der Waals surface area contributed by atoms with E-state index >= 15 is 0 Å². The molecular weight excluding hydrogens is 304 g/mol. The molecule has 0 spiro atoms. The first-order chi connectivity index (χ1) is 11.3. The molecule has 1 aliphatic heterocycles. The van der Waals surface area contributed by atoms with Crippen LogP contribution in [-0.4, -0.2) is 52.7 Å². The Morgan fingerprint density at radius 2 is 2.17 bits per heavy atom. The molecule has 0 radical (unpaired) electrons. The molecule has 3 rings (SSSR count). The summed E-state index contributed by atoms with van der Waals surface area (Å²) in [7, 11) is 1.79. The maximum absolute atomic E-state index is 12.2. The van der Waals surface area contributed by atoms with Gasteiger partial charge in [-0.25, -0.2) is 9.78 Å². The average molecular weight is 330 g/mol. The van der Waals surface area contributed by atoms with E-state index in [4.69, 9.17) is 9.72 Å². The Labute approximate surface area is 142 Å². The fraction of sp³-hybridized carbons (Fsp3) is 0.556. The number of fused-ring (bicyclic) bond motifs is 1. The molecule has 1 unspecified atom stereocenters. The summed E-state index contributed by atoms with van der Waals surface area (Å²) < 4.78 is 5.44. The van der Waals surface area contributed by atoms with Crippen LogP contribution in [0.25, 0.3) is 11.0 Å². The smallest absolute Gasteiger partial charge is 0.410 e. The third kappa shape index (κ3) is 3.63. The van der Waals surface area contributed by atoms with E-state index in [0.29, 0.717) is 6.54 Å². The molecule has 6 nitrogen and oxygen atoms in total. The third-order valence-electron chi connectivity index (χ3n) is 4.22. The lowest BCUT2D eigenvalue weighted by Crippen LogP contribution is -2.43. The van der Waals surface area contributed by atoms with Crippen LogP contribution in [-0.2, 0) is 4.74 Å². The van der Waals surface area contributed by atoms with Crippen LogP contribution >= 0.6 is 0 Å². The molecule has 130 valence electrons. The quantitative estimate of drug-likeness (QED) is 0.937. The van der Waals surface area contributed by atoms with Crippen molar-refractivity contribution >= 4 is 23.1 Å². The van der Waals surface area contributed by atoms with Crippen LogP contribution in [0.5, 0.6) is 0 Å². The Hall–Kier alpha value is -2.24. The highest BCUT2D eigenvalue weighted by Crippen LogP contribution is 2.26. The van der Waals surface area contributed by atoms with Crippen molar-refractivity contribution in [2.45, 2.75) is 45.3 Å². The molecule has 1 saturated heterocycles. The molecule has 1 aliphatic rings. The predicted molar refractivity (Wildman–Crippen MR) is 95.3 cm³/mol. The lowest BCUT2D eigenvalue weighted by Gasteiger charge is -2.30. The zero-order valence-corrected chi connectivity index (χ0v) is 14.9. The van der Waals surface area contributed by atoms with E-state index in [1.807, 2.05) is 45.0 Å². The summed E-state index contributed by atoms with van der Waals surface area (Å²) in [4.78, 5) is 24.2. The maximum Gasteiger partial charge on any atom is 0.410 e. The highest BCUT2D eigenvalue weighted by atomic mass is 16.6. The Bertz CT molecular complexity index is 686. The van der Waals surface area contributed by atoms with E-state index in [0.717, 1.165) is 36.4 Å². The van der Waals surface area contributed by atoms with Crippen molar-refractivity contribution in [3.63, 3.8) is 0 Å². The number of ether oxygens (including phenoxy) is 1. The first kappa shape index (κ1) is 16.6. The number of rotatable bonds is 3. The molecule has 24 heavy (non-hydrogen) atoms. The summed E-state index contributed by atoms with van der Waals surface area (Å²) in [6, 6.07) is 8.28. The number of nitrogens with one attached hydrogen (secondary N) is 1. The van der Waals surface area contributed by atoms with Gasteiger partial charge in [0.15, 0.2) is 0 Å². The first-order valence-corrected chi connectivity index (χ1v) is 8.49. The standard InChI is InChI=1S/C18H26N4O2/c1-18(2,3)24-17(23)21(4)12-13-8-7-11-22(13)16-19-14-9-5-6-10-15(14)20-16/h5-6,9-10,13H,7-8,11-12H2,1-4H3,(H,19,20). The number of para-hydroxylation sites is 2. The topological polar surface area (TPSA) is 61.5 Å². The van der Waals surface area contributed by atoms with Crippen LogP contribution in [0.1, 0.15) is 33.6 Å². The summed E-state index contributed by atoms with van der Waals surface area (Å²) in [5.41, 5.74) is 1.54. The van der Waals surface area contributed by atoms with Crippen molar-refractivity contribution in [1.29, 1.82) is 0 Å². The average Bonchev–Trinajstić information content (AvgIpc) is 3.10. The summed E-state index contributed by atoms with van der Waals surface area (Å²) in [6.07, 6.45) is 1.87. The second-order valence-corrected chi connectivity index (χ2v) is 7.43. The number of hydrogen-bond donors (Lipinski definition) is 1. The van der Waals surface area contributed by atoms with Crippen LogP contribution in [0.2, 0.25) is 0 Å². The Kier molecular flexibility index (Phi) is 4.39. The summed E-state index contributed by atoms with van der Waals surface area (Å²) in [5.74, 6) is 0.885. The zero-order valence-electron chi connectivity index (χ0n) is 14.9. The van der Waals surface area contributed by atoms with Crippen LogP contribution < -0.4 is 4.90 Å². The van der Waals surface area contributed by atoms with Crippen molar-refractivity contribution in [1.82, 2.24) is 14.9 Å². The normalized spacial score (nSPS) is 18.2. The number of aromatic nitrogens is 2. The van der Waals surface area contributed by atoms with Crippen molar-refractivity contribution < 1.29 is 9.53 Å². The van der Waals surface area contributed by atoms with Gasteiger partial charge >= 0.3 is 6.09 Å². The van der Waals surface area contributed by atoms with Gasteiger partial charge < -0.3 is 19.5 Å². The highest BCUT2D eigenvalue weighted by Gasteiger charge is 2.30. The summed E-state index contributed by atoms with van der Waals surface area (Å²) in [6.45, 7) is 7.23. The van der Waals surface area contributed by atoms with Crippen LogP contribution in [0.4, 0.5) is 10.7 Å². The Morgan fingerprint density at radius 3 is 2.88 bits per heavy atom. The molecule has 1 aromatic heterocycles. The second kappa shape index (κ2) is 6.34. The molecular formula is C18H26N4O2. The Morgan fingerprint density at radius 1 is 1.42 bits per heavy atom. The second-order valence-electron chi connectivity index (χ2n) is 7.43. The van der Waals surface area contributed by atoms with E-state index in [1.54, 1.807) is 11.9 Å². The molecule has 2 heterocycles. The monoisotopic (exact) mass is 330 g/mol. The fourth-order valence-corrected chi connectivity index (χ4v) is 3.11. The van der Waals surface area contributed by atoms with E-state index in [9.17, 15) is 4.79 Å². The van der Waals surface area contributed by atoms with Crippen molar-refractivity contribution in [3.05, 3.63) is 24.3 Å². The van der Waals surface area contributed by atoms with E-state index in [2.05, 4.69) is 9.88 Å². The maximum atomic E-state index is 12.2. The molecule has 2 aromatic rings. The number of imidazole rings is 1. The number of H-pyrrole nitrogens is 1. The number of hydrogen-bond acceptors (Lipinski definition) is 4. The minimum absolute atomic E-state index is 0.253. The zero-order chi connectivity index (χ0) is 17.3. The van der Waals surface area contributed by atoms with E-state index in [-0.39, 0.29) is 12.1 Å². The first-order valence-electron chi connectivity index (χ1n) is 8.49. The number of benzene rings is 1. The molecule has 0 bridgehead atoms. The van der Waals surface area contributed by atoms with Crippen molar-refractivity contribution in [2.24, 2.45) is 0 Å². The van der Waals surface area contributed by atoms with Gasteiger partial charge in [0.1, 0.15) is 5.60 Å². The number of aromatic amines is 1. The molecule has 1 aromatic carbocycles. The molecule has 1 N–H and O–H groups in total. The number of likely N-dealkylation sites (N-methyl/N-ethyl adjacent to an activating group) is 1. The number of carbonyl (C=O) groups is 1. The van der Waals surface area contributed by atoms with E-state index < -0.39 is 5.60 Å². The van der Waals surface area contributed by atoms with Crippen LogP contribution in [0.15, 0.2) is 24.3 Å². The molecule has 1 fully saturated rings. The molecule has 1 amide bonds. The number of nitrogens with zero attached hydrogens (tertiary/aromatic N) is 3. The van der Waals surface area contributed by atoms with E-state index in [1.165, 1.54) is 0 Å². The largest absolute Gasteiger partial charge is 0.444 e. The fourth-order valence-electron chi connectivity index (χ4n) is 3.11. The van der Waals surface area contributed by atoms with Crippen molar-refractivity contribution in [3.8, 4) is 0 Å². The van der Waals surface area contributed by atoms with Gasteiger partial charge in [-0.3, -0.25) is 0 Å². The minimum Gasteiger partial charge on any atom is -0.444 e. The molecule has 1 atom stereocenters. The molecule has 6 heteroatoms. The van der Waals surface area contributed by atoms with Gasteiger partial charge in [0.25, 0.3) is 0 Å². The van der Waals surface area contributed by atoms with Gasteiger partial charge in [0.2, 0.25) is 5.95 Å². The summed E-state index contributed by atoms with van der Waals surface area (Å²) >= 11 is 0. The third-order valence-corrected chi connectivity index (χ3v) is 4.22. The van der Waals surface area contributed by atoms with Gasteiger partial charge in [-0.05, 0) is 45.7 Å². The van der Waals surface area contributed by atoms with Crippen molar-refractivity contribution in [2.75, 3.05) is 25.0 Å². The predicted octanol–water partition coefficient (Wildman–Crippen LogP) is 3.40. The van der Waals surface area contributed by atoms with Crippen LogP contribution in [0.3, 0.4) is 0 Å². The molecule has 0 aliphatic carbocycles. The SMILES string of the molecule is CN(CC1CCCN1c1nc2ccccc2[nH]1)C(=O)OC(C)(C)C. The summed E-state index contributed by atoms with van der Waals surface area (Å²) in [5, 5.41) is 0. The van der Waals surface area contributed by atoms with Gasteiger partial charge in [-0.15, -0.1) is 0 Å². The van der Waals surface area contributed by atoms with Gasteiger partial charge in [-0.1, -0.05) is 12.1 Å². The number of carbonyl (C=O) groups excluding carboxylic acids is 1. The molecule has 0 saturated carbocycles. The Balaban J connectivity index is 1.70. The van der Waals surface area contributed by atoms with Crippen LogP contribution in [0, 0.1) is 0 Å². The lowest BCUT2D eigenvalue weighted by molar-refractivity contribution is 0.0290.